The summed E-state index contributed by atoms with van der Waals surface area (Å²) in [5, 5.41) is 46.7. The molecule has 0 spiro atoms. The smallest absolute Gasteiger partial charge is 0.330 e. The molecule has 57 heavy (non-hydrogen) atoms. The van der Waals surface area contributed by atoms with Gasteiger partial charge < -0.3 is 53.6 Å². The quantitative estimate of drug-likeness (QED) is 0.130. The Morgan fingerprint density at radius 1 is 0.860 bits per heavy atom. The third-order valence-corrected chi connectivity index (χ3v) is 11.7. The Hall–Kier alpha value is -3.18. The van der Waals surface area contributed by atoms with Gasteiger partial charge in [-0.1, -0.05) is 64.8 Å². The molecule has 15 heteroatoms. The lowest BCUT2D eigenvalue weighted by Gasteiger charge is -2.53. The summed E-state index contributed by atoms with van der Waals surface area (Å²) in [5.74, 6) is -6.35. The van der Waals surface area contributed by atoms with E-state index in [-0.39, 0.29) is 63.7 Å². The average molecular weight is 809 g/mol. The molecule has 0 aliphatic carbocycles. The highest BCUT2D eigenvalue weighted by molar-refractivity contribution is 5.83. The maximum absolute atomic E-state index is 13.3. The lowest BCUT2D eigenvalue weighted by atomic mass is 9.70. The summed E-state index contributed by atoms with van der Waals surface area (Å²) >= 11 is 0. The van der Waals surface area contributed by atoms with Crippen molar-refractivity contribution in [1.29, 1.82) is 0 Å². The van der Waals surface area contributed by atoms with Crippen molar-refractivity contribution in [2.24, 2.45) is 16.7 Å². The van der Waals surface area contributed by atoms with E-state index < -0.39 is 102 Å². The predicted molar refractivity (Wildman–Crippen MR) is 204 cm³/mol. The number of cyclic esters (lactones) is 1. The van der Waals surface area contributed by atoms with Crippen molar-refractivity contribution in [3.63, 3.8) is 0 Å². The van der Waals surface area contributed by atoms with E-state index in [2.05, 4.69) is 0 Å². The van der Waals surface area contributed by atoms with Gasteiger partial charge in [0.15, 0.2) is 11.6 Å². The Bertz CT molecular complexity index is 1540. The van der Waals surface area contributed by atoms with E-state index in [4.69, 9.17) is 33.2 Å². The molecule has 3 saturated heterocycles. The zero-order valence-corrected chi connectivity index (χ0v) is 34.9. The van der Waals surface area contributed by atoms with Crippen LogP contribution >= 0.6 is 0 Å². The summed E-state index contributed by atoms with van der Waals surface area (Å²) in [7, 11) is 2.52. The van der Waals surface area contributed by atoms with Gasteiger partial charge in [0, 0.05) is 56.1 Å². The molecule has 4 heterocycles. The molecule has 0 saturated carbocycles. The summed E-state index contributed by atoms with van der Waals surface area (Å²) in [5.41, 5.74) is -1.16. The lowest BCUT2D eigenvalue weighted by Crippen LogP contribution is -2.62. The Labute approximate surface area is 335 Å². The van der Waals surface area contributed by atoms with Gasteiger partial charge in [-0.15, -0.1) is 0 Å². The lowest BCUT2D eigenvalue weighted by molar-refractivity contribution is -0.348. The van der Waals surface area contributed by atoms with E-state index in [9.17, 15) is 39.6 Å². The predicted octanol–water partition coefficient (Wildman–Crippen LogP) is 3.87. The molecule has 10 atom stereocenters. The number of hydrogen-bond donors (Lipinski definition) is 4. The van der Waals surface area contributed by atoms with Crippen LogP contribution in [0.4, 0.5) is 0 Å². The first-order valence-corrected chi connectivity index (χ1v) is 19.9. The van der Waals surface area contributed by atoms with Gasteiger partial charge in [0.2, 0.25) is 0 Å². The number of esters is 4. The topological polar surface area (TPSA) is 214 Å². The first-order valence-electron chi connectivity index (χ1n) is 19.9. The maximum Gasteiger partial charge on any atom is 0.330 e. The second-order valence-corrected chi connectivity index (χ2v) is 17.7. The molecule has 0 amide bonds. The van der Waals surface area contributed by atoms with Gasteiger partial charge in [0.05, 0.1) is 62.7 Å². The fourth-order valence-corrected chi connectivity index (χ4v) is 8.07. The Morgan fingerprint density at radius 3 is 2.09 bits per heavy atom. The van der Waals surface area contributed by atoms with Crippen LogP contribution in [-0.2, 0) is 52.3 Å². The zero-order valence-electron chi connectivity index (χ0n) is 34.9. The minimum atomic E-state index is -1.99. The third-order valence-electron chi connectivity index (χ3n) is 11.7. The minimum absolute atomic E-state index is 0.0182. The van der Waals surface area contributed by atoms with Crippen molar-refractivity contribution in [2.45, 2.75) is 173 Å². The highest BCUT2D eigenvalue weighted by Gasteiger charge is 2.58. The van der Waals surface area contributed by atoms with Crippen LogP contribution in [0.1, 0.15) is 113 Å². The molecule has 10 unspecified atom stereocenters. The van der Waals surface area contributed by atoms with E-state index in [1.807, 2.05) is 13.8 Å². The van der Waals surface area contributed by atoms with Crippen molar-refractivity contribution in [1.82, 2.24) is 0 Å². The second kappa shape index (κ2) is 18.8. The van der Waals surface area contributed by atoms with Gasteiger partial charge in [0.1, 0.15) is 12.2 Å². The molecule has 15 nitrogen and oxygen atoms in total. The van der Waals surface area contributed by atoms with E-state index >= 15 is 0 Å². The number of hydrogen-bond acceptors (Lipinski definition) is 15. The minimum Gasteiger partial charge on any atom is -0.466 e. The standard InChI is InChI=1S/C42H64O15/c1-24(2)12-37(47)55-34-21-31-18-28(44)19-38(48)54-33(25(3)43)20-30-15-27(17-36(46)52-9)22-41(49,56-30)39(4,5)11-10-29-13-26(16-35(45)51-8)14-32(53-29)23-42(50,57-31)40(34,6)7/h10-11,16-17,24-25,28-34,43-44,49-50H,12-15,18-23H2,1-9H3. The first kappa shape index (κ1) is 46.5. The largest absolute Gasteiger partial charge is 0.466 e. The van der Waals surface area contributed by atoms with Crippen molar-refractivity contribution in [3.05, 3.63) is 35.5 Å². The second-order valence-electron chi connectivity index (χ2n) is 17.7. The SMILES string of the molecule is COC(=O)C=C1CC2C=CC(C)(C)C3(O)CC(=CC(=O)OC)CC(CC(C(C)O)OC(=O)CC(O)CC4CC(OC(=O)CC(C)C)C(C)(C)C(O)(CC(C1)O2)O4)O3. The summed E-state index contributed by atoms with van der Waals surface area (Å²) in [6.45, 7) is 12.2. The first-order chi connectivity index (χ1) is 26.5. The molecule has 4 aliphatic heterocycles. The molecule has 0 aromatic carbocycles. The van der Waals surface area contributed by atoms with E-state index in [1.165, 1.54) is 33.3 Å². The summed E-state index contributed by atoms with van der Waals surface area (Å²) < 4.78 is 40.8. The number of fused-ring (bicyclic) bond motifs is 6. The number of methoxy groups -OCH3 is 2. The van der Waals surface area contributed by atoms with Gasteiger partial charge in [0.25, 0.3) is 0 Å². The van der Waals surface area contributed by atoms with Crippen LogP contribution in [0.15, 0.2) is 35.5 Å². The van der Waals surface area contributed by atoms with Gasteiger partial charge in [-0.05, 0) is 32.1 Å². The van der Waals surface area contributed by atoms with Crippen molar-refractivity contribution in [3.8, 4) is 0 Å². The number of carbonyl (C=O) groups excluding carboxylic acids is 4. The fourth-order valence-electron chi connectivity index (χ4n) is 8.07. The van der Waals surface area contributed by atoms with Crippen LogP contribution in [0.5, 0.6) is 0 Å². The molecular formula is C42H64O15. The maximum atomic E-state index is 13.3. The molecule has 3 fully saturated rings. The molecule has 4 aliphatic rings. The monoisotopic (exact) mass is 808 g/mol. The summed E-state index contributed by atoms with van der Waals surface area (Å²) in [4.78, 5) is 51.2. The number of rotatable bonds is 6. The molecule has 322 valence electrons. The Balaban J connectivity index is 1.80. The fraction of sp³-hybridized carbons (Fsp3) is 0.762. The van der Waals surface area contributed by atoms with Crippen molar-refractivity contribution >= 4 is 23.9 Å². The molecule has 4 rings (SSSR count). The van der Waals surface area contributed by atoms with Gasteiger partial charge in [-0.2, -0.15) is 0 Å². The molecule has 4 N–H and O–H groups in total. The molecule has 0 aromatic rings. The van der Waals surface area contributed by atoms with Gasteiger partial charge >= 0.3 is 23.9 Å². The number of aliphatic hydroxyl groups is 4. The molecule has 6 bridgehead atoms. The van der Waals surface area contributed by atoms with Crippen molar-refractivity contribution in [2.75, 3.05) is 14.2 Å². The van der Waals surface area contributed by atoms with Crippen LogP contribution in [-0.4, -0.2) is 119 Å². The summed E-state index contributed by atoms with van der Waals surface area (Å²) in [6.07, 6.45) is -1.37. The van der Waals surface area contributed by atoms with Gasteiger partial charge in [-0.25, -0.2) is 9.59 Å². The molecule has 0 radical (unpaired) electrons. The van der Waals surface area contributed by atoms with Gasteiger partial charge in [-0.3, -0.25) is 9.59 Å². The summed E-state index contributed by atoms with van der Waals surface area (Å²) in [6, 6.07) is 0. The third kappa shape index (κ3) is 12.0. The van der Waals surface area contributed by atoms with Crippen LogP contribution in [0.3, 0.4) is 0 Å². The highest BCUT2D eigenvalue weighted by atomic mass is 16.6. The van der Waals surface area contributed by atoms with Crippen LogP contribution < -0.4 is 0 Å². The Morgan fingerprint density at radius 2 is 1.47 bits per heavy atom. The van der Waals surface area contributed by atoms with Crippen LogP contribution in [0.2, 0.25) is 0 Å². The average Bonchev–Trinajstić information content (AvgIpc) is 3.08. The highest BCUT2D eigenvalue weighted by Crippen LogP contribution is 2.50. The molecule has 0 aromatic heterocycles. The molecular weight excluding hydrogens is 744 g/mol. The van der Waals surface area contributed by atoms with E-state index in [0.717, 1.165) is 0 Å². The number of ether oxygens (including phenoxy) is 7. The zero-order chi connectivity index (χ0) is 42.5. The van der Waals surface area contributed by atoms with E-state index in [1.54, 1.807) is 39.8 Å². The van der Waals surface area contributed by atoms with Crippen molar-refractivity contribution < 1.29 is 72.8 Å². The number of aliphatic hydroxyl groups excluding tert-OH is 2. The van der Waals surface area contributed by atoms with Crippen LogP contribution in [0.25, 0.3) is 0 Å². The number of carbonyl (C=O) groups is 4. The normalized spacial score (nSPS) is 36.8. The van der Waals surface area contributed by atoms with Crippen LogP contribution in [0, 0.1) is 16.7 Å². The Kier molecular flexibility index (Phi) is 15.4. The van der Waals surface area contributed by atoms with E-state index in [0.29, 0.717) is 11.1 Å².